The first-order chi connectivity index (χ1) is 18.5. The first-order valence-corrected chi connectivity index (χ1v) is 13.9. The molecule has 0 bridgehead atoms. The van der Waals surface area contributed by atoms with Crippen LogP contribution in [0.2, 0.25) is 0 Å². The van der Waals surface area contributed by atoms with Crippen molar-refractivity contribution in [3.8, 4) is 5.75 Å². The molecule has 2 saturated heterocycles. The summed E-state index contributed by atoms with van der Waals surface area (Å²) in [5, 5.41) is 0. The average Bonchev–Trinajstić information content (AvgIpc) is 3.19. The minimum Gasteiger partial charge on any atom is -0.487 e. The topological polar surface area (TPSA) is 70.2 Å². The van der Waals surface area contributed by atoms with Crippen molar-refractivity contribution in [2.24, 2.45) is 0 Å². The van der Waals surface area contributed by atoms with Crippen molar-refractivity contribution < 1.29 is 23.5 Å². The van der Waals surface area contributed by atoms with Crippen LogP contribution < -0.4 is 4.74 Å². The number of carbonyl (C=O) groups is 3. The molecule has 2 aromatic carbocycles. The Bertz CT molecular complexity index is 1120. The summed E-state index contributed by atoms with van der Waals surface area (Å²) >= 11 is 0. The third kappa shape index (κ3) is 5.90. The summed E-state index contributed by atoms with van der Waals surface area (Å²) in [6.45, 7) is 3.83. The van der Waals surface area contributed by atoms with Gasteiger partial charge in [0, 0.05) is 45.2 Å². The Balaban J connectivity index is 0.961. The predicted octanol–water partition coefficient (Wildman–Crippen LogP) is 4.52. The van der Waals surface area contributed by atoms with Gasteiger partial charge in [-0.2, -0.15) is 0 Å². The Labute approximate surface area is 223 Å². The Hall–Kier alpha value is -3.26. The molecule has 0 radical (unpaired) electrons. The smallest absolute Gasteiger partial charge is 0.261 e. The molecule has 5 rings (SSSR count). The normalized spacial score (nSPS) is 19.2. The molecule has 0 aliphatic carbocycles. The minimum atomic E-state index is -0.310. The number of piperidine rings is 2. The second-order valence-corrected chi connectivity index (χ2v) is 10.5. The molecule has 2 fully saturated rings. The highest BCUT2D eigenvalue weighted by atomic mass is 19.1. The first-order valence-electron chi connectivity index (χ1n) is 13.9. The molecule has 0 atom stereocenters. The van der Waals surface area contributed by atoms with Crippen LogP contribution in [-0.2, 0) is 4.79 Å². The molecule has 2 aromatic rings. The molecule has 0 spiro atoms. The third-order valence-electron chi connectivity index (χ3n) is 8.09. The van der Waals surface area contributed by atoms with E-state index in [2.05, 4.69) is 4.90 Å². The van der Waals surface area contributed by atoms with Crippen LogP contribution in [0.5, 0.6) is 5.75 Å². The molecule has 0 aromatic heterocycles. The summed E-state index contributed by atoms with van der Waals surface area (Å²) in [4.78, 5) is 43.5. The number of benzene rings is 2. The van der Waals surface area contributed by atoms with E-state index in [4.69, 9.17) is 4.74 Å². The maximum Gasteiger partial charge on any atom is 0.261 e. The number of carbonyl (C=O) groups excluding carboxylic acids is 3. The highest BCUT2D eigenvalue weighted by Crippen LogP contribution is 2.26. The summed E-state index contributed by atoms with van der Waals surface area (Å²) in [6.07, 6.45) is 6.54. The number of likely N-dealkylation sites (tertiary alicyclic amines) is 2. The average molecular weight is 522 g/mol. The number of amides is 3. The quantitative estimate of drug-likeness (QED) is 0.359. The van der Waals surface area contributed by atoms with E-state index in [1.54, 1.807) is 42.5 Å². The van der Waals surface area contributed by atoms with Crippen molar-refractivity contribution in [3.63, 3.8) is 0 Å². The molecular weight excluding hydrogens is 485 g/mol. The fourth-order valence-electron chi connectivity index (χ4n) is 5.88. The molecule has 38 heavy (non-hydrogen) atoms. The molecule has 0 N–H and O–H groups in total. The van der Waals surface area contributed by atoms with E-state index in [-0.39, 0.29) is 29.6 Å². The number of nitrogens with zero attached hydrogens (tertiary/aromatic N) is 3. The molecule has 8 heteroatoms. The number of hydrogen-bond donors (Lipinski definition) is 0. The second-order valence-electron chi connectivity index (χ2n) is 10.5. The predicted molar refractivity (Wildman–Crippen MR) is 142 cm³/mol. The highest BCUT2D eigenvalue weighted by molar-refractivity contribution is 6.21. The van der Waals surface area contributed by atoms with Gasteiger partial charge in [-0.1, -0.05) is 30.7 Å². The third-order valence-corrected chi connectivity index (χ3v) is 8.09. The second kappa shape index (κ2) is 12.1. The van der Waals surface area contributed by atoms with Crippen molar-refractivity contribution in [1.82, 2.24) is 14.7 Å². The lowest BCUT2D eigenvalue weighted by Crippen LogP contribution is -2.50. The van der Waals surface area contributed by atoms with Gasteiger partial charge in [-0.15, -0.1) is 0 Å². The lowest BCUT2D eigenvalue weighted by Gasteiger charge is -2.41. The van der Waals surface area contributed by atoms with Gasteiger partial charge in [0.2, 0.25) is 5.91 Å². The molecule has 3 aliphatic heterocycles. The van der Waals surface area contributed by atoms with Gasteiger partial charge in [0.25, 0.3) is 11.8 Å². The van der Waals surface area contributed by atoms with Gasteiger partial charge < -0.3 is 9.64 Å². The van der Waals surface area contributed by atoms with Crippen molar-refractivity contribution in [3.05, 3.63) is 65.5 Å². The number of unbranched alkanes of at least 4 members (excludes halogenated alkanes) is 2. The van der Waals surface area contributed by atoms with E-state index in [1.807, 2.05) is 4.90 Å². The van der Waals surface area contributed by atoms with Gasteiger partial charge in [0.1, 0.15) is 6.10 Å². The Morgan fingerprint density at radius 1 is 0.816 bits per heavy atom. The largest absolute Gasteiger partial charge is 0.487 e. The number of imide groups is 1. The number of rotatable bonds is 9. The number of hydrogen-bond acceptors (Lipinski definition) is 5. The number of halogens is 1. The minimum absolute atomic E-state index is 0.0434. The molecule has 3 heterocycles. The van der Waals surface area contributed by atoms with E-state index >= 15 is 0 Å². The van der Waals surface area contributed by atoms with Gasteiger partial charge in [-0.3, -0.25) is 24.2 Å². The summed E-state index contributed by atoms with van der Waals surface area (Å²) in [5.41, 5.74) is 0.965. The summed E-state index contributed by atoms with van der Waals surface area (Å²) in [5.74, 6) is -0.213. The summed E-state index contributed by atoms with van der Waals surface area (Å²) < 4.78 is 19.8. The van der Waals surface area contributed by atoms with Crippen molar-refractivity contribution in [1.29, 1.82) is 0 Å². The lowest BCUT2D eigenvalue weighted by molar-refractivity contribution is -0.133. The van der Waals surface area contributed by atoms with E-state index < -0.39 is 0 Å². The summed E-state index contributed by atoms with van der Waals surface area (Å²) in [7, 11) is 0. The molecule has 0 unspecified atom stereocenters. The molecule has 202 valence electrons. The monoisotopic (exact) mass is 521 g/mol. The van der Waals surface area contributed by atoms with Crippen molar-refractivity contribution in [2.45, 2.75) is 63.5 Å². The van der Waals surface area contributed by atoms with Crippen LogP contribution in [-0.4, -0.2) is 77.3 Å². The van der Waals surface area contributed by atoms with Crippen LogP contribution in [0.4, 0.5) is 4.39 Å². The number of ether oxygens (including phenoxy) is 1. The first kappa shape index (κ1) is 26.4. The van der Waals surface area contributed by atoms with Crippen LogP contribution in [0, 0.1) is 5.82 Å². The SMILES string of the molecule is O=C(CCCCCN1C(=O)c2ccccc2C1=O)N1CCC(N2CCC(Oc3ccccc3F)CC2)CC1. The van der Waals surface area contributed by atoms with Crippen LogP contribution in [0.25, 0.3) is 0 Å². The standard InChI is InChI=1S/C30H36FN3O4/c31-26-10-5-6-11-27(26)38-23-15-20-32(21-16-23)22-13-18-33(19-14-22)28(35)12-2-1-7-17-34-29(36)24-8-3-4-9-25(24)30(34)37/h3-6,8-11,22-23H,1-2,7,12-21H2. The molecule has 7 nitrogen and oxygen atoms in total. The van der Waals surface area contributed by atoms with Gasteiger partial charge in [-0.05, 0) is 62.8 Å². The van der Waals surface area contributed by atoms with Gasteiger partial charge in [-0.25, -0.2) is 4.39 Å². The van der Waals surface area contributed by atoms with E-state index in [0.717, 1.165) is 64.7 Å². The zero-order valence-electron chi connectivity index (χ0n) is 21.8. The number of fused-ring (bicyclic) bond motifs is 1. The summed E-state index contributed by atoms with van der Waals surface area (Å²) in [6, 6.07) is 14.0. The van der Waals surface area contributed by atoms with Gasteiger partial charge in [0.05, 0.1) is 11.1 Å². The van der Waals surface area contributed by atoms with Gasteiger partial charge >= 0.3 is 0 Å². The fraction of sp³-hybridized carbons (Fsp3) is 0.500. The van der Waals surface area contributed by atoms with Crippen LogP contribution in [0.1, 0.15) is 72.1 Å². The van der Waals surface area contributed by atoms with Crippen LogP contribution >= 0.6 is 0 Å². The maximum atomic E-state index is 13.9. The Morgan fingerprint density at radius 2 is 1.45 bits per heavy atom. The molecule has 3 amide bonds. The van der Waals surface area contributed by atoms with Crippen molar-refractivity contribution in [2.75, 3.05) is 32.7 Å². The lowest BCUT2D eigenvalue weighted by atomic mass is 9.98. The van der Waals surface area contributed by atoms with Gasteiger partial charge in [0.15, 0.2) is 11.6 Å². The highest BCUT2D eigenvalue weighted by Gasteiger charge is 2.34. The zero-order chi connectivity index (χ0) is 26.5. The molecule has 0 saturated carbocycles. The molecule has 3 aliphatic rings. The maximum absolute atomic E-state index is 13.9. The van der Waals surface area contributed by atoms with E-state index in [9.17, 15) is 18.8 Å². The van der Waals surface area contributed by atoms with Crippen LogP contribution in [0.3, 0.4) is 0 Å². The molecular formula is C30H36FN3O4. The number of para-hydroxylation sites is 1. The van der Waals surface area contributed by atoms with Crippen LogP contribution in [0.15, 0.2) is 48.5 Å². The van der Waals surface area contributed by atoms with E-state index in [0.29, 0.717) is 42.3 Å². The zero-order valence-corrected chi connectivity index (χ0v) is 21.8. The fourth-order valence-corrected chi connectivity index (χ4v) is 5.88. The Morgan fingerprint density at radius 3 is 2.11 bits per heavy atom. The van der Waals surface area contributed by atoms with Crippen molar-refractivity contribution >= 4 is 17.7 Å². The van der Waals surface area contributed by atoms with E-state index in [1.165, 1.54) is 11.0 Å². The Kier molecular flexibility index (Phi) is 8.37.